The Morgan fingerprint density at radius 2 is 1.76 bits per heavy atom. The first-order chi connectivity index (χ1) is 10.1. The lowest BCUT2D eigenvalue weighted by atomic mass is 10.2. The molecule has 0 aromatic heterocycles. The van der Waals surface area contributed by atoms with Crippen LogP contribution < -0.4 is 0 Å². The molecule has 21 heavy (non-hydrogen) atoms. The van der Waals surface area contributed by atoms with Crippen LogP contribution in [-0.2, 0) is 9.53 Å². The summed E-state index contributed by atoms with van der Waals surface area (Å²) < 4.78 is 31.0. The van der Waals surface area contributed by atoms with E-state index < -0.39 is 11.8 Å². The van der Waals surface area contributed by atoms with Crippen LogP contribution in [-0.4, -0.2) is 11.9 Å². The summed E-state index contributed by atoms with van der Waals surface area (Å²) in [5.74, 6) is -1.32. The van der Waals surface area contributed by atoms with Crippen molar-refractivity contribution < 1.29 is 18.3 Å². The van der Waals surface area contributed by atoms with E-state index in [1.54, 1.807) is 6.07 Å². The number of rotatable bonds is 2. The van der Waals surface area contributed by atoms with Crippen LogP contribution in [0.25, 0.3) is 6.08 Å². The molecule has 3 rings (SSSR count). The molecule has 2 aromatic rings. The lowest BCUT2D eigenvalue weighted by Crippen LogP contribution is -2.05. The zero-order chi connectivity index (χ0) is 14.8. The number of carbonyl (C=O) groups is 1. The molecule has 0 N–H and O–H groups in total. The molecule has 1 aliphatic rings. The van der Waals surface area contributed by atoms with Gasteiger partial charge in [0.1, 0.15) is 11.6 Å². The van der Waals surface area contributed by atoms with Crippen LogP contribution in [0.4, 0.5) is 8.78 Å². The lowest BCUT2D eigenvalue weighted by Gasteiger charge is -1.98. The van der Waals surface area contributed by atoms with Gasteiger partial charge in [0.05, 0.1) is 0 Å². The summed E-state index contributed by atoms with van der Waals surface area (Å²) in [7, 11) is 0. The zero-order valence-corrected chi connectivity index (χ0v) is 10.7. The molecule has 5 heteroatoms. The van der Waals surface area contributed by atoms with Gasteiger partial charge in [-0.05, 0) is 48.0 Å². The molecule has 0 saturated carbocycles. The molecule has 0 spiro atoms. The molecule has 2 aromatic carbocycles. The molecule has 3 nitrogen and oxygen atoms in total. The predicted molar refractivity (Wildman–Crippen MR) is 73.4 cm³/mol. The number of cyclic esters (lactones) is 1. The van der Waals surface area contributed by atoms with E-state index in [4.69, 9.17) is 4.74 Å². The average Bonchev–Trinajstić information content (AvgIpc) is 2.81. The Hall–Kier alpha value is -2.82. The molecular weight excluding hydrogens is 276 g/mol. The smallest absolute Gasteiger partial charge is 0.363 e. The number of hydrogen-bond acceptors (Lipinski definition) is 3. The van der Waals surface area contributed by atoms with E-state index in [1.807, 2.05) is 0 Å². The number of hydrogen-bond donors (Lipinski definition) is 0. The van der Waals surface area contributed by atoms with Crippen molar-refractivity contribution in [2.24, 2.45) is 4.99 Å². The van der Waals surface area contributed by atoms with Gasteiger partial charge < -0.3 is 4.74 Å². The number of halogens is 2. The quantitative estimate of drug-likeness (QED) is 0.627. The van der Waals surface area contributed by atoms with Crippen molar-refractivity contribution in [2.45, 2.75) is 0 Å². The van der Waals surface area contributed by atoms with E-state index in [-0.39, 0.29) is 17.4 Å². The summed E-state index contributed by atoms with van der Waals surface area (Å²) in [6, 6.07) is 11.2. The van der Waals surface area contributed by atoms with Gasteiger partial charge in [0.25, 0.3) is 0 Å². The van der Waals surface area contributed by atoms with E-state index >= 15 is 0 Å². The summed E-state index contributed by atoms with van der Waals surface area (Å²) in [6.07, 6.45) is 1.43. The van der Waals surface area contributed by atoms with Crippen molar-refractivity contribution in [3.05, 3.63) is 77.0 Å². The normalized spacial score (nSPS) is 16.0. The van der Waals surface area contributed by atoms with Crippen LogP contribution in [0.2, 0.25) is 0 Å². The zero-order valence-electron chi connectivity index (χ0n) is 10.7. The van der Waals surface area contributed by atoms with Gasteiger partial charge in [0, 0.05) is 5.56 Å². The van der Waals surface area contributed by atoms with Crippen molar-refractivity contribution in [2.75, 3.05) is 0 Å². The van der Waals surface area contributed by atoms with Gasteiger partial charge in [-0.25, -0.2) is 18.6 Å². The molecule has 0 bridgehead atoms. The molecule has 0 unspecified atom stereocenters. The maximum Gasteiger partial charge on any atom is 0.363 e. The van der Waals surface area contributed by atoms with Gasteiger partial charge in [-0.15, -0.1) is 0 Å². The van der Waals surface area contributed by atoms with Crippen LogP contribution in [0.3, 0.4) is 0 Å². The Kier molecular flexibility index (Phi) is 3.31. The van der Waals surface area contributed by atoms with Gasteiger partial charge in [-0.2, -0.15) is 0 Å². The van der Waals surface area contributed by atoms with Crippen molar-refractivity contribution in [1.29, 1.82) is 0 Å². The number of esters is 1. The van der Waals surface area contributed by atoms with E-state index in [2.05, 4.69) is 4.99 Å². The third kappa shape index (κ3) is 2.86. The summed E-state index contributed by atoms with van der Waals surface area (Å²) in [4.78, 5) is 15.8. The number of nitrogens with zero attached hydrogens (tertiary/aromatic N) is 1. The van der Waals surface area contributed by atoms with E-state index in [0.717, 1.165) is 0 Å². The summed E-state index contributed by atoms with van der Waals surface area (Å²) in [5, 5.41) is 0. The fraction of sp³-hybridized carbons (Fsp3) is 0. The maximum absolute atomic E-state index is 13.1. The highest BCUT2D eigenvalue weighted by molar-refractivity contribution is 6.12. The first kappa shape index (κ1) is 13.2. The molecular formula is C16H9F2NO2. The average molecular weight is 285 g/mol. The van der Waals surface area contributed by atoms with Gasteiger partial charge in [0.15, 0.2) is 5.70 Å². The Morgan fingerprint density at radius 1 is 1.00 bits per heavy atom. The third-order valence-corrected chi connectivity index (χ3v) is 2.86. The number of carbonyl (C=O) groups excluding carboxylic acids is 1. The Bertz CT molecular complexity index is 764. The van der Waals surface area contributed by atoms with Crippen LogP contribution >= 0.6 is 0 Å². The number of ether oxygens (including phenoxy) is 1. The highest BCUT2D eigenvalue weighted by atomic mass is 19.1. The van der Waals surface area contributed by atoms with Crippen LogP contribution in [0.15, 0.2) is 59.2 Å². The van der Waals surface area contributed by atoms with Crippen LogP contribution in [0, 0.1) is 11.6 Å². The fourth-order valence-electron chi connectivity index (χ4n) is 1.88. The fourth-order valence-corrected chi connectivity index (χ4v) is 1.88. The second-order valence-electron chi connectivity index (χ2n) is 4.40. The lowest BCUT2D eigenvalue weighted by molar-refractivity contribution is -0.129. The van der Waals surface area contributed by atoms with E-state index in [1.165, 1.54) is 48.5 Å². The SMILES string of the molecule is O=C1OC(c2ccc(F)cc2)=N/C1=C\c1cccc(F)c1. The number of aliphatic imine (C=N–C) groups is 1. The first-order valence-electron chi connectivity index (χ1n) is 6.16. The predicted octanol–water partition coefficient (Wildman–Crippen LogP) is 3.31. The van der Waals surface area contributed by atoms with E-state index in [0.29, 0.717) is 11.1 Å². The molecule has 1 aliphatic heterocycles. The Morgan fingerprint density at radius 3 is 2.48 bits per heavy atom. The van der Waals surface area contributed by atoms with Crippen molar-refractivity contribution in [1.82, 2.24) is 0 Å². The second-order valence-corrected chi connectivity index (χ2v) is 4.40. The Labute approximate surface area is 119 Å². The minimum absolute atomic E-state index is 0.0694. The molecule has 0 saturated heterocycles. The standard InChI is InChI=1S/C16H9F2NO2/c17-12-6-4-11(5-7-12)15-19-14(16(20)21-15)9-10-2-1-3-13(18)8-10/h1-9H/b14-9-. The van der Waals surface area contributed by atoms with Crippen LogP contribution in [0.1, 0.15) is 11.1 Å². The monoisotopic (exact) mass is 285 g/mol. The maximum atomic E-state index is 13.1. The molecule has 1 heterocycles. The minimum Gasteiger partial charge on any atom is -0.402 e. The first-order valence-corrected chi connectivity index (χ1v) is 6.16. The highest BCUT2D eigenvalue weighted by Crippen LogP contribution is 2.19. The Balaban J connectivity index is 1.93. The molecule has 0 atom stereocenters. The molecule has 104 valence electrons. The highest BCUT2D eigenvalue weighted by Gasteiger charge is 2.24. The molecule has 0 fully saturated rings. The second kappa shape index (κ2) is 5.28. The molecule has 0 amide bonds. The van der Waals surface area contributed by atoms with Gasteiger partial charge in [-0.1, -0.05) is 12.1 Å². The summed E-state index contributed by atoms with van der Waals surface area (Å²) in [5.41, 5.74) is 1.07. The van der Waals surface area contributed by atoms with Crippen molar-refractivity contribution in [3.63, 3.8) is 0 Å². The minimum atomic E-state index is -0.626. The summed E-state index contributed by atoms with van der Waals surface area (Å²) >= 11 is 0. The van der Waals surface area contributed by atoms with Crippen molar-refractivity contribution in [3.8, 4) is 0 Å². The van der Waals surface area contributed by atoms with Crippen LogP contribution in [0.5, 0.6) is 0 Å². The molecule has 0 aliphatic carbocycles. The summed E-state index contributed by atoms with van der Waals surface area (Å²) in [6.45, 7) is 0. The largest absolute Gasteiger partial charge is 0.402 e. The third-order valence-electron chi connectivity index (χ3n) is 2.86. The van der Waals surface area contributed by atoms with Gasteiger partial charge in [0.2, 0.25) is 5.90 Å². The number of benzene rings is 2. The van der Waals surface area contributed by atoms with Crippen molar-refractivity contribution >= 4 is 17.9 Å². The topological polar surface area (TPSA) is 38.7 Å². The van der Waals surface area contributed by atoms with Gasteiger partial charge >= 0.3 is 5.97 Å². The van der Waals surface area contributed by atoms with E-state index in [9.17, 15) is 13.6 Å². The van der Waals surface area contributed by atoms with Gasteiger partial charge in [-0.3, -0.25) is 0 Å². The molecule has 0 radical (unpaired) electrons.